The van der Waals surface area contributed by atoms with E-state index in [1.165, 1.54) is 0 Å². The third-order valence-electron chi connectivity index (χ3n) is 4.84. The number of primary amides is 1. The molecule has 7 nitrogen and oxygen atoms in total. The van der Waals surface area contributed by atoms with Crippen molar-refractivity contribution in [3.63, 3.8) is 0 Å². The Hall–Kier alpha value is -1.34. The molecule has 2 aliphatic heterocycles. The van der Waals surface area contributed by atoms with E-state index < -0.39 is 6.03 Å². The Bertz CT molecular complexity index is 447. The highest BCUT2D eigenvalue weighted by atomic mass is 16.5. The van der Waals surface area contributed by atoms with E-state index in [-0.39, 0.29) is 30.1 Å². The van der Waals surface area contributed by atoms with Gasteiger partial charge in [0.2, 0.25) is 5.91 Å². The molecule has 0 unspecified atom stereocenters. The number of carbonyl (C=O) groups is 2. The van der Waals surface area contributed by atoms with Crippen molar-refractivity contribution in [1.82, 2.24) is 14.7 Å². The quantitative estimate of drug-likeness (QED) is 0.822. The zero-order chi connectivity index (χ0) is 17.9. The monoisotopic (exact) mass is 340 g/mol. The van der Waals surface area contributed by atoms with Gasteiger partial charge in [0.1, 0.15) is 0 Å². The van der Waals surface area contributed by atoms with E-state index in [1.807, 2.05) is 4.90 Å². The average molecular weight is 340 g/mol. The van der Waals surface area contributed by atoms with Crippen molar-refractivity contribution in [2.75, 3.05) is 39.3 Å². The molecule has 3 amide bonds. The van der Waals surface area contributed by atoms with Gasteiger partial charge in [-0.25, -0.2) is 4.79 Å². The lowest BCUT2D eigenvalue weighted by Gasteiger charge is -2.42. The van der Waals surface area contributed by atoms with Crippen LogP contribution in [0.4, 0.5) is 4.79 Å². The minimum Gasteiger partial charge on any atom is -0.373 e. The van der Waals surface area contributed by atoms with Crippen molar-refractivity contribution < 1.29 is 14.3 Å². The van der Waals surface area contributed by atoms with E-state index in [1.54, 1.807) is 4.90 Å². The SMILES string of the molecule is CC(C)[C@H](C(=O)N1CCCN(C(N)=O)CC1)N1C[C@@H](C)O[C@@H](C)C1. The molecule has 3 atom stereocenters. The van der Waals surface area contributed by atoms with Crippen LogP contribution in [0, 0.1) is 5.92 Å². The largest absolute Gasteiger partial charge is 0.373 e. The van der Waals surface area contributed by atoms with Crippen LogP contribution in [0.5, 0.6) is 0 Å². The molecule has 7 heteroatoms. The zero-order valence-electron chi connectivity index (χ0n) is 15.4. The molecular weight excluding hydrogens is 308 g/mol. The number of amides is 3. The maximum Gasteiger partial charge on any atom is 0.314 e. The van der Waals surface area contributed by atoms with E-state index in [9.17, 15) is 9.59 Å². The highest BCUT2D eigenvalue weighted by Crippen LogP contribution is 2.21. The second-order valence-corrected chi connectivity index (χ2v) is 7.40. The number of rotatable bonds is 3. The third-order valence-corrected chi connectivity index (χ3v) is 4.84. The summed E-state index contributed by atoms with van der Waals surface area (Å²) in [6.45, 7) is 12.2. The second-order valence-electron chi connectivity index (χ2n) is 7.40. The number of hydrogen-bond acceptors (Lipinski definition) is 4. The van der Waals surface area contributed by atoms with E-state index in [0.717, 1.165) is 19.5 Å². The van der Waals surface area contributed by atoms with E-state index in [4.69, 9.17) is 10.5 Å². The van der Waals surface area contributed by atoms with Gasteiger partial charge in [0, 0.05) is 39.3 Å². The van der Waals surface area contributed by atoms with Crippen LogP contribution in [-0.4, -0.2) is 84.2 Å². The summed E-state index contributed by atoms with van der Waals surface area (Å²) in [5.41, 5.74) is 5.38. The van der Waals surface area contributed by atoms with Gasteiger partial charge in [-0.15, -0.1) is 0 Å². The highest BCUT2D eigenvalue weighted by Gasteiger charge is 2.36. The van der Waals surface area contributed by atoms with Crippen molar-refractivity contribution >= 4 is 11.9 Å². The van der Waals surface area contributed by atoms with E-state index in [2.05, 4.69) is 32.6 Å². The summed E-state index contributed by atoms with van der Waals surface area (Å²) >= 11 is 0. The first-order valence-electron chi connectivity index (χ1n) is 9.02. The van der Waals surface area contributed by atoms with Gasteiger partial charge in [0.15, 0.2) is 0 Å². The fourth-order valence-electron chi connectivity index (χ4n) is 3.85. The molecule has 2 fully saturated rings. The molecular formula is C17H32N4O3. The summed E-state index contributed by atoms with van der Waals surface area (Å²) in [7, 11) is 0. The van der Waals surface area contributed by atoms with Crippen molar-refractivity contribution in [2.24, 2.45) is 11.7 Å². The molecule has 2 saturated heterocycles. The third kappa shape index (κ3) is 4.60. The molecule has 0 saturated carbocycles. The Morgan fingerprint density at radius 2 is 1.54 bits per heavy atom. The lowest BCUT2D eigenvalue weighted by molar-refractivity contribution is -0.145. The van der Waals surface area contributed by atoms with Gasteiger partial charge in [-0.05, 0) is 26.2 Å². The predicted molar refractivity (Wildman–Crippen MR) is 92.6 cm³/mol. The molecule has 2 rings (SSSR count). The molecule has 0 spiro atoms. The lowest BCUT2D eigenvalue weighted by Crippen LogP contribution is -2.58. The summed E-state index contributed by atoms with van der Waals surface area (Å²) < 4.78 is 5.81. The molecule has 0 radical (unpaired) electrons. The van der Waals surface area contributed by atoms with Crippen molar-refractivity contribution in [3.05, 3.63) is 0 Å². The van der Waals surface area contributed by atoms with Crippen LogP contribution in [0.2, 0.25) is 0 Å². The molecule has 0 aromatic heterocycles. The number of nitrogens with zero attached hydrogens (tertiary/aromatic N) is 3. The lowest BCUT2D eigenvalue weighted by atomic mass is 9.99. The van der Waals surface area contributed by atoms with Gasteiger partial charge < -0.3 is 20.3 Å². The molecule has 0 aliphatic carbocycles. The number of ether oxygens (including phenoxy) is 1. The summed E-state index contributed by atoms with van der Waals surface area (Å²) in [4.78, 5) is 30.3. The van der Waals surface area contributed by atoms with Gasteiger partial charge >= 0.3 is 6.03 Å². The average Bonchev–Trinajstić information content (AvgIpc) is 2.71. The number of hydrogen-bond donors (Lipinski definition) is 1. The Morgan fingerprint density at radius 1 is 1.00 bits per heavy atom. The summed E-state index contributed by atoms with van der Waals surface area (Å²) in [6.07, 6.45) is 1.05. The second kappa shape index (κ2) is 8.16. The van der Waals surface area contributed by atoms with Gasteiger partial charge in [0.25, 0.3) is 0 Å². The van der Waals surface area contributed by atoms with E-state index >= 15 is 0 Å². The fraction of sp³-hybridized carbons (Fsp3) is 0.882. The standard InChI is InChI=1S/C17H32N4O3/c1-12(2)15(21-10-13(3)24-14(4)11-21)16(22)19-6-5-7-20(9-8-19)17(18)23/h12-15H,5-11H2,1-4H3,(H2,18,23)/t13-,14+,15-/m1/s1. The van der Waals surface area contributed by atoms with Gasteiger partial charge in [-0.3, -0.25) is 9.69 Å². The first kappa shape index (κ1) is 19.0. The first-order chi connectivity index (χ1) is 11.3. The van der Waals surface area contributed by atoms with E-state index in [0.29, 0.717) is 26.2 Å². The van der Waals surface area contributed by atoms with Crippen molar-refractivity contribution in [2.45, 2.75) is 52.4 Å². The van der Waals surface area contributed by atoms with Gasteiger partial charge in [-0.1, -0.05) is 13.8 Å². The number of morpholine rings is 1. The van der Waals surface area contributed by atoms with Crippen LogP contribution in [-0.2, 0) is 9.53 Å². The summed E-state index contributed by atoms with van der Waals surface area (Å²) in [5.74, 6) is 0.392. The number of carbonyl (C=O) groups excluding carboxylic acids is 2. The zero-order valence-corrected chi connectivity index (χ0v) is 15.4. The molecule has 138 valence electrons. The molecule has 2 aliphatic rings. The molecule has 0 aromatic carbocycles. The van der Waals surface area contributed by atoms with Crippen LogP contribution in [0.25, 0.3) is 0 Å². The van der Waals surface area contributed by atoms with Crippen LogP contribution >= 0.6 is 0 Å². The molecule has 0 bridgehead atoms. The summed E-state index contributed by atoms with van der Waals surface area (Å²) in [6, 6.07) is -0.542. The highest BCUT2D eigenvalue weighted by molar-refractivity contribution is 5.82. The number of nitrogens with two attached hydrogens (primary N) is 1. The Morgan fingerprint density at radius 3 is 2.08 bits per heavy atom. The fourth-order valence-corrected chi connectivity index (χ4v) is 3.85. The summed E-state index contributed by atoms with van der Waals surface area (Å²) in [5, 5.41) is 0. The first-order valence-corrected chi connectivity index (χ1v) is 9.02. The van der Waals surface area contributed by atoms with Gasteiger partial charge in [-0.2, -0.15) is 0 Å². The topological polar surface area (TPSA) is 79.1 Å². The van der Waals surface area contributed by atoms with Crippen LogP contribution in [0.15, 0.2) is 0 Å². The Balaban J connectivity index is 2.07. The molecule has 2 N–H and O–H groups in total. The van der Waals surface area contributed by atoms with Crippen LogP contribution in [0.1, 0.15) is 34.1 Å². The van der Waals surface area contributed by atoms with Crippen LogP contribution < -0.4 is 5.73 Å². The molecule has 0 aromatic rings. The molecule has 2 heterocycles. The smallest absolute Gasteiger partial charge is 0.314 e. The van der Waals surface area contributed by atoms with Crippen molar-refractivity contribution in [1.29, 1.82) is 0 Å². The minimum absolute atomic E-state index is 0.136. The minimum atomic E-state index is -0.402. The Labute approximate surface area is 145 Å². The maximum atomic E-state index is 13.2. The normalized spacial score (nSPS) is 27.9. The Kier molecular flexibility index (Phi) is 6.46. The predicted octanol–water partition coefficient (Wildman–Crippen LogP) is 0.733. The van der Waals surface area contributed by atoms with Crippen molar-refractivity contribution in [3.8, 4) is 0 Å². The van der Waals surface area contributed by atoms with Crippen LogP contribution in [0.3, 0.4) is 0 Å². The molecule has 24 heavy (non-hydrogen) atoms. The maximum absolute atomic E-state index is 13.2. The van der Waals surface area contributed by atoms with Gasteiger partial charge in [0.05, 0.1) is 18.2 Å². The number of urea groups is 1.